The number of benzene rings is 2. The first-order valence-corrected chi connectivity index (χ1v) is 8.97. The first kappa shape index (κ1) is 21.0. The fourth-order valence-electron chi connectivity index (χ4n) is 2.45. The average molecular weight is 389 g/mol. The Morgan fingerprint density at radius 1 is 0.929 bits per heavy atom. The van der Waals surface area contributed by atoms with Gasteiger partial charge in [-0.15, -0.1) is 0 Å². The van der Waals surface area contributed by atoms with E-state index in [0.29, 0.717) is 42.6 Å². The lowest BCUT2D eigenvalue weighted by atomic mass is 10.1. The van der Waals surface area contributed by atoms with E-state index in [2.05, 4.69) is 0 Å². The van der Waals surface area contributed by atoms with Crippen molar-refractivity contribution < 1.29 is 28.7 Å². The Hall–Kier alpha value is -3.29. The standard InChI is InChI=1S/C20H23NO7/c1-4-25-17-11-15(12-18(26-5-2)19(17)27-6-3)20(22)28-13-14-7-9-16(10-8-14)21(23)24/h7-12H,4-6,13H2,1-3H3. The molecule has 8 nitrogen and oxygen atoms in total. The van der Waals surface area contributed by atoms with Crippen molar-refractivity contribution in [3.05, 3.63) is 57.6 Å². The summed E-state index contributed by atoms with van der Waals surface area (Å²) in [4.78, 5) is 22.7. The molecule has 0 heterocycles. The fraction of sp³-hybridized carbons (Fsp3) is 0.350. The second-order valence-electron chi connectivity index (χ2n) is 5.60. The topological polar surface area (TPSA) is 97.1 Å². The molecule has 8 heteroatoms. The zero-order valence-electron chi connectivity index (χ0n) is 16.1. The largest absolute Gasteiger partial charge is 0.490 e. The molecule has 0 aromatic heterocycles. The Bertz CT molecular complexity index is 791. The Morgan fingerprint density at radius 3 is 1.93 bits per heavy atom. The summed E-state index contributed by atoms with van der Waals surface area (Å²) in [5.41, 5.74) is 0.876. The maximum Gasteiger partial charge on any atom is 0.338 e. The number of non-ortho nitro benzene ring substituents is 1. The van der Waals surface area contributed by atoms with Crippen molar-refractivity contribution in [2.24, 2.45) is 0 Å². The van der Waals surface area contributed by atoms with Crippen LogP contribution >= 0.6 is 0 Å². The van der Waals surface area contributed by atoms with Crippen molar-refractivity contribution in [2.45, 2.75) is 27.4 Å². The normalized spacial score (nSPS) is 10.2. The van der Waals surface area contributed by atoms with Crippen LogP contribution in [-0.2, 0) is 11.3 Å². The van der Waals surface area contributed by atoms with E-state index >= 15 is 0 Å². The predicted octanol–water partition coefficient (Wildman–Crippen LogP) is 4.15. The minimum atomic E-state index is -0.566. The van der Waals surface area contributed by atoms with Crippen molar-refractivity contribution in [3.8, 4) is 17.2 Å². The van der Waals surface area contributed by atoms with E-state index in [0.717, 1.165) is 0 Å². The number of nitro groups is 1. The number of nitro benzene ring substituents is 1. The van der Waals surface area contributed by atoms with Crippen LogP contribution in [0.3, 0.4) is 0 Å². The Kier molecular flexibility index (Phi) is 7.62. The quantitative estimate of drug-likeness (QED) is 0.342. The number of carbonyl (C=O) groups excluding carboxylic acids is 1. The maximum atomic E-state index is 12.5. The molecule has 2 aromatic rings. The SMILES string of the molecule is CCOc1cc(C(=O)OCc2ccc([N+](=O)[O-])cc2)cc(OCC)c1OCC. The number of carbonyl (C=O) groups is 1. The van der Waals surface area contributed by atoms with Gasteiger partial charge in [-0.25, -0.2) is 4.79 Å². The van der Waals surface area contributed by atoms with Gasteiger partial charge >= 0.3 is 5.97 Å². The number of rotatable bonds is 10. The summed E-state index contributed by atoms with van der Waals surface area (Å²) in [6.45, 7) is 6.70. The third kappa shape index (κ3) is 5.35. The lowest BCUT2D eigenvalue weighted by Gasteiger charge is -2.16. The molecule has 0 amide bonds. The highest BCUT2D eigenvalue weighted by Crippen LogP contribution is 2.39. The molecular weight excluding hydrogens is 366 g/mol. The zero-order chi connectivity index (χ0) is 20.5. The summed E-state index contributed by atoms with van der Waals surface area (Å²) in [5.74, 6) is 0.677. The third-order valence-electron chi connectivity index (χ3n) is 3.66. The first-order chi connectivity index (χ1) is 13.5. The molecule has 0 fully saturated rings. The van der Waals surface area contributed by atoms with Crippen molar-refractivity contribution in [1.82, 2.24) is 0 Å². The molecule has 0 aliphatic rings. The van der Waals surface area contributed by atoms with Gasteiger partial charge in [0, 0.05) is 12.1 Å². The Balaban J connectivity index is 2.19. The van der Waals surface area contributed by atoms with Crippen LogP contribution in [0.4, 0.5) is 5.69 Å². The van der Waals surface area contributed by atoms with Gasteiger partial charge in [0.1, 0.15) is 6.61 Å². The summed E-state index contributed by atoms with van der Waals surface area (Å²) in [6, 6.07) is 8.91. The predicted molar refractivity (Wildman–Crippen MR) is 102 cm³/mol. The van der Waals surface area contributed by atoms with Crippen molar-refractivity contribution in [1.29, 1.82) is 0 Å². The second-order valence-corrected chi connectivity index (χ2v) is 5.60. The van der Waals surface area contributed by atoms with E-state index in [9.17, 15) is 14.9 Å². The van der Waals surface area contributed by atoms with Crippen molar-refractivity contribution >= 4 is 11.7 Å². The highest BCUT2D eigenvalue weighted by molar-refractivity contribution is 5.91. The van der Waals surface area contributed by atoms with Gasteiger partial charge in [-0.1, -0.05) is 0 Å². The molecular formula is C20H23NO7. The van der Waals surface area contributed by atoms with E-state index in [1.165, 1.54) is 12.1 Å². The third-order valence-corrected chi connectivity index (χ3v) is 3.66. The van der Waals surface area contributed by atoms with Gasteiger partial charge in [-0.05, 0) is 50.6 Å². The molecule has 0 saturated heterocycles. The molecule has 0 atom stereocenters. The summed E-state index contributed by atoms with van der Waals surface area (Å²) in [5, 5.41) is 10.7. The van der Waals surface area contributed by atoms with Gasteiger partial charge in [0.05, 0.1) is 30.3 Å². The minimum Gasteiger partial charge on any atom is -0.490 e. The molecule has 0 aliphatic carbocycles. The van der Waals surface area contributed by atoms with Crippen LogP contribution < -0.4 is 14.2 Å². The van der Waals surface area contributed by atoms with Crippen molar-refractivity contribution in [3.63, 3.8) is 0 Å². The minimum absolute atomic E-state index is 0.0159. The second kappa shape index (κ2) is 10.1. The molecule has 0 aliphatic heterocycles. The number of esters is 1. The number of hydrogen-bond acceptors (Lipinski definition) is 7. The van der Waals surface area contributed by atoms with E-state index in [1.54, 1.807) is 24.3 Å². The van der Waals surface area contributed by atoms with E-state index in [1.807, 2.05) is 20.8 Å². The number of ether oxygens (including phenoxy) is 4. The molecule has 0 saturated carbocycles. The molecule has 28 heavy (non-hydrogen) atoms. The first-order valence-electron chi connectivity index (χ1n) is 8.97. The summed E-state index contributed by atoms with van der Waals surface area (Å²) in [6.07, 6.45) is 0. The molecule has 0 unspecified atom stereocenters. The van der Waals surface area contributed by atoms with Gasteiger partial charge in [0.25, 0.3) is 5.69 Å². The summed E-state index contributed by atoms with van der Waals surface area (Å²) < 4.78 is 22.1. The zero-order valence-corrected chi connectivity index (χ0v) is 16.1. The lowest BCUT2D eigenvalue weighted by Crippen LogP contribution is -2.09. The molecule has 0 bridgehead atoms. The van der Waals surface area contributed by atoms with Crippen LogP contribution in [0.5, 0.6) is 17.2 Å². The van der Waals surface area contributed by atoms with Crippen LogP contribution in [0.2, 0.25) is 0 Å². The van der Waals surface area contributed by atoms with E-state index < -0.39 is 10.9 Å². The Morgan fingerprint density at radius 2 is 1.46 bits per heavy atom. The van der Waals surface area contributed by atoms with Gasteiger partial charge in [0.15, 0.2) is 11.5 Å². The molecule has 0 spiro atoms. The van der Waals surface area contributed by atoms with Crippen LogP contribution in [-0.4, -0.2) is 30.7 Å². The smallest absolute Gasteiger partial charge is 0.338 e. The van der Waals surface area contributed by atoms with Crippen LogP contribution in [0.1, 0.15) is 36.7 Å². The maximum absolute atomic E-state index is 12.5. The van der Waals surface area contributed by atoms with Gasteiger partial charge < -0.3 is 18.9 Å². The average Bonchev–Trinajstić information content (AvgIpc) is 2.69. The molecule has 0 radical (unpaired) electrons. The van der Waals surface area contributed by atoms with Crippen molar-refractivity contribution in [2.75, 3.05) is 19.8 Å². The fourth-order valence-corrected chi connectivity index (χ4v) is 2.45. The van der Waals surface area contributed by atoms with Gasteiger partial charge in [0.2, 0.25) is 5.75 Å². The summed E-state index contributed by atoms with van der Waals surface area (Å²) >= 11 is 0. The molecule has 2 rings (SSSR count). The van der Waals surface area contributed by atoms with Gasteiger partial charge in [-0.3, -0.25) is 10.1 Å². The molecule has 150 valence electrons. The van der Waals surface area contributed by atoms with Crippen LogP contribution in [0, 0.1) is 10.1 Å². The lowest BCUT2D eigenvalue weighted by molar-refractivity contribution is -0.384. The monoisotopic (exact) mass is 389 g/mol. The van der Waals surface area contributed by atoms with Crippen LogP contribution in [0.15, 0.2) is 36.4 Å². The highest BCUT2D eigenvalue weighted by atomic mass is 16.6. The van der Waals surface area contributed by atoms with E-state index in [-0.39, 0.29) is 17.9 Å². The number of hydrogen-bond donors (Lipinski definition) is 0. The molecule has 0 N–H and O–H groups in total. The highest BCUT2D eigenvalue weighted by Gasteiger charge is 2.19. The number of nitrogens with zero attached hydrogens (tertiary/aromatic N) is 1. The van der Waals surface area contributed by atoms with Gasteiger partial charge in [-0.2, -0.15) is 0 Å². The summed E-state index contributed by atoms with van der Waals surface area (Å²) in [7, 11) is 0. The Labute approximate surface area is 163 Å². The molecule has 2 aromatic carbocycles. The van der Waals surface area contributed by atoms with Crippen LogP contribution in [0.25, 0.3) is 0 Å². The van der Waals surface area contributed by atoms with E-state index in [4.69, 9.17) is 18.9 Å².